The standard InChI is InChI=1S/C16H25F3N4/c1-3-23(14-8-5-4-6-9-14)13-7-11-21-15(20-2)22-12-10-16(17,18)19/h4-6,8-9H,3,7,10-13H2,1-2H3,(H2,20,21,22). The molecule has 0 radical (unpaired) electrons. The van der Waals surface area contributed by atoms with Gasteiger partial charge < -0.3 is 15.5 Å². The molecule has 23 heavy (non-hydrogen) atoms. The number of aliphatic imine (C=N–C) groups is 1. The summed E-state index contributed by atoms with van der Waals surface area (Å²) in [5.74, 6) is 0.400. The number of alkyl halides is 3. The molecule has 1 aromatic rings. The summed E-state index contributed by atoms with van der Waals surface area (Å²) in [7, 11) is 1.55. The number of benzene rings is 1. The van der Waals surface area contributed by atoms with Crippen LogP contribution in [0.3, 0.4) is 0 Å². The summed E-state index contributed by atoms with van der Waals surface area (Å²) in [6.07, 6.45) is -4.16. The molecular formula is C16H25F3N4. The van der Waals surface area contributed by atoms with Gasteiger partial charge >= 0.3 is 6.18 Å². The predicted molar refractivity (Wildman–Crippen MR) is 89.0 cm³/mol. The van der Waals surface area contributed by atoms with Crippen molar-refractivity contribution >= 4 is 11.6 Å². The van der Waals surface area contributed by atoms with Gasteiger partial charge in [0.25, 0.3) is 0 Å². The van der Waals surface area contributed by atoms with Gasteiger partial charge in [0.2, 0.25) is 0 Å². The van der Waals surface area contributed by atoms with E-state index in [1.54, 1.807) is 7.05 Å². The zero-order chi connectivity index (χ0) is 17.1. The zero-order valence-corrected chi connectivity index (χ0v) is 13.7. The lowest BCUT2D eigenvalue weighted by molar-refractivity contribution is -0.132. The summed E-state index contributed by atoms with van der Waals surface area (Å²) >= 11 is 0. The minimum Gasteiger partial charge on any atom is -0.372 e. The summed E-state index contributed by atoms with van der Waals surface area (Å²) in [5.41, 5.74) is 1.17. The number of rotatable bonds is 8. The van der Waals surface area contributed by atoms with Crippen LogP contribution in [0.5, 0.6) is 0 Å². The molecule has 0 aliphatic carbocycles. The Hall–Kier alpha value is -1.92. The second kappa shape index (κ2) is 9.97. The molecule has 0 bridgehead atoms. The Morgan fingerprint density at radius 2 is 1.78 bits per heavy atom. The fourth-order valence-corrected chi connectivity index (χ4v) is 2.13. The molecule has 0 amide bonds. The average Bonchev–Trinajstić information content (AvgIpc) is 2.53. The molecule has 2 N–H and O–H groups in total. The van der Waals surface area contributed by atoms with E-state index in [1.807, 2.05) is 18.2 Å². The van der Waals surface area contributed by atoms with Gasteiger partial charge in [-0.25, -0.2) is 0 Å². The number of guanidine groups is 1. The van der Waals surface area contributed by atoms with E-state index in [1.165, 1.54) is 5.69 Å². The molecule has 0 heterocycles. The second-order valence-electron chi connectivity index (χ2n) is 5.06. The van der Waals surface area contributed by atoms with Crippen LogP contribution in [-0.4, -0.2) is 45.4 Å². The van der Waals surface area contributed by atoms with E-state index in [0.29, 0.717) is 12.5 Å². The van der Waals surface area contributed by atoms with E-state index in [4.69, 9.17) is 0 Å². The van der Waals surface area contributed by atoms with Crippen molar-refractivity contribution in [1.29, 1.82) is 0 Å². The van der Waals surface area contributed by atoms with Crippen LogP contribution >= 0.6 is 0 Å². The summed E-state index contributed by atoms with van der Waals surface area (Å²) in [6.45, 7) is 4.34. The number of halogens is 3. The first-order chi connectivity index (χ1) is 11.0. The quantitative estimate of drug-likeness (QED) is 0.437. The van der Waals surface area contributed by atoms with Gasteiger partial charge in [-0.2, -0.15) is 13.2 Å². The highest BCUT2D eigenvalue weighted by atomic mass is 19.4. The van der Waals surface area contributed by atoms with Crippen LogP contribution in [0.25, 0.3) is 0 Å². The Labute approximate surface area is 135 Å². The molecule has 0 saturated heterocycles. The molecular weight excluding hydrogens is 305 g/mol. The van der Waals surface area contributed by atoms with Gasteiger partial charge in [0.1, 0.15) is 0 Å². The van der Waals surface area contributed by atoms with Gasteiger partial charge in [-0.15, -0.1) is 0 Å². The van der Waals surface area contributed by atoms with Gasteiger partial charge in [-0.3, -0.25) is 4.99 Å². The van der Waals surface area contributed by atoms with Gasteiger partial charge in [0.05, 0.1) is 6.42 Å². The second-order valence-corrected chi connectivity index (χ2v) is 5.06. The largest absolute Gasteiger partial charge is 0.390 e. The number of hydrogen-bond acceptors (Lipinski definition) is 2. The Bertz CT molecular complexity index is 460. The van der Waals surface area contributed by atoms with Crippen LogP contribution in [0.2, 0.25) is 0 Å². The number of nitrogens with one attached hydrogen (secondary N) is 2. The number of hydrogen-bond donors (Lipinski definition) is 2. The maximum atomic E-state index is 12.1. The zero-order valence-electron chi connectivity index (χ0n) is 13.7. The van der Waals surface area contributed by atoms with Gasteiger partial charge in [0.15, 0.2) is 5.96 Å². The fourth-order valence-electron chi connectivity index (χ4n) is 2.13. The maximum Gasteiger partial charge on any atom is 0.390 e. The van der Waals surface area contributed by atoms with Crippen LogP contribution in [0.15, 0.2) is 35.3 Å². The van der Waals surface area contributed by atoms with Crippen molar-refractivity contribution < 1.29 is 13.2 Å². The molecule has 0 aromatic heterocycles. The first-order valence-electron chi connectivity index (χ1n) is 7.77. The maximum absolute atomic E-state index is 12.1. The molecule has 0 spiro atoms. The van der Waals surface area contributed by atoms with Crippen molar-refractivity contribution in [3.05, 3.63) is 30.3 Å². The third kappa shape index (κ3) is 8.32. The van der Waals surface area contributed by atoms with Crippen molar-refractivity contribution in [2.24, 2.45) is 4.99 Å². The van der Waals surface area contributed by atoms with Crippen molar-refractivity contribution in [2.45, 2.75) is 25.9 Å². The summed E-state index contributed by atoms with van der Waals surface area (Å²) < 4.78 is 36.3. The topological polar surface area (TPSA) is 39.7 Å². The third-order valence-electron chi connectivity index (χ3n) is 3.32. The Morgan fingerprint density at radius 1 is 1.13 bits per heavy atom. The Morgan fingerprint density at radius 3 is 2.35 bits per heavy atom. The number of para-hydroxylation sites is 1. The number of anilines is 1. The van der Waals surface area contributed by atoms with Crippen molar-refractivity contribution in [3.8, 4) is 0 Å². The first-order valence-corrected chi connectivity index (χ1v) is 7.77. The van der Waals surface area contributed by atoms with Crippen molar-refractivity contribution in [1.82, 2.24) is 10.6 Å². The first kappa shape index (κ1) is 19.1. The summed E-state index contributed by atoms with van der Waals surface area (Å²) in [5, 5.41) is 5.70. The van der Waals surface area contributed by atoms with Gasteiger partial charge in [-0.05, 0) is 25.5 Å². The van der Waals surface area contributed by atoms with E-state index in [0.717, 1.165) is 19.5 Å². The smallest absolute Gasteiger partial charge is 0.372 e. The molecule has 0 saturated carbocycles. The van der Waals surface area contributed by atoms with E-state index in [-0.39, 0.29) is 6.54 Å². The van der Waals surface area contributed by atoms with E-state index < -0.39 is 12.6 Å². The SMILES string of the molecule is CCN(CCCNC(=NC)NCCC(F)(F)F)c1ccccc1. The number of nitrogens with zero attached hydrogens (tertiary/aromatic N) is 2. The molecule has 4 nitrogen and oxygen atoms in total. The van der Waals surface area contributed by atoms with Crippen LogP contribution < -0.4 is 15.5 Å². The Kier molecular flexibility index (Phi) is 8.29. The third-order valence-corrected chi connectivity index (χ3v) is 3.32. The minimum atomic E-state index is -4.15. The van der Waals surface area contributed by atoms with Crippen LogP contribution in [0.1, 0.15) is 19.8 Å². The van der Waals surface area contributed by atoms with Crippen molar-refractivity contribution in [3.63, 3.8) is 0 Å². The van der Waals surface area contributed by atoms with Crippen LogP contribution in [0, 0.1) is 0 Å². The predicted octanol–water partition coefficient (Wildman–Crippen LogP) is 3.02. The molecule has 0 atom stereocenters. The van der Waals surface area contributed by atoms with E-state index in [9.17, 15) is 13.2 Å². The lowest BCUT2D eigenvalue weighted by Gasteiger charge is -2.23. The lowest BCUT2D eigenvalue weighted by atomic mass is 10.2. The molecule has 1 rings (SSSR count). The molecule has 0 unspecified atom stereocenters. The van der Waals surface area contributed by atoms with E-state index >= 15 is 0 Å². The molecule has 130 valence electrons. The highest BCUT2D eigenvalue weighted by Gasteiger charge is 2.26. The average molecular weight is 330 g/mol. The normalized spacial score (nSPS) is 12.1. The van der Waals surface area contributed by atoms with Gasteiger partial charge in [0, 0.05) is 38.9 Å². The molecule has 1 aromatic carbocycles. The van der Waals surface area contributed by atoms with Crippen LogP contribution in [0.4, 0.5) is 18.9 Å². The fraction of sp³-hybridized carbons (Fsp3) is 0.562. The van der Waals surface area contributed by atoms with Crippen LogP contribution in [-0.2, 0) is 0 Å². The highest BCUT2D eigenvalue weighted by Crippen LogP contribution is 2.18. The van der Waals surface area contributed by atoms with Crippen molar-refractivity contribution in [2.75, 3.05) is 38.1 Å². The Balaban J connectivity index is 2.26. The lowest BCUT2D eigenvalue weighted by Crippen LogP contribution is -2.40. The molecule has 7 heteroatoms. The molecule has 0 fully saturated rings. The molecule has 0 aliphatic rings. The monoisotopic (exact) mass is 330 g/mol. The summed E-state index contributed by atoms with van der Waals surface area (Å²) in [4.78, 5) is 6.17. The van der Waals surface area contributed by atoms with Gasteiger partial charge in [-0.1, -0.05) is 18.2 Å². The highest BCUT2D eigenvalue weighted by molar-refractivity contribution is 5.79. The minimum absolute atomic E-state index is 0.172. The summed E-state index contributed by atoms with van der Waals surface area (Å²) in [6, 6.07) is 10.1. The molecule has 0 aliphatic heterocycles. The van der Waals surface area contributed by atoms with E-state index in [2.05, 4.69) is 39.6 Å².